The number of aryl methyl sites for hydroxylation is 1. The van der Waals surface area contributed by atoms with Crippen molar-refractivity contribution in [2.45, 2.75) is 25.3 Å². The highest BCUT2D eigenvalue weighted by Crippen LogP contribution is 2.44. The highest BCUT2D eigenvalue weighted by atomic mass is 16.4. The summed E-state index contributed by atoms with van der Waals surface area (Å²) in [5.41, 5.74) is 3.59. The minimum absolute atomic E-state index is 0.174. The van der Waals surface area contributed by atoms with Gasteiger partial charge in [0.15, 0.2) is 5.65 Å². The van der Waals surface area contributed by atoms with Crippen LogP contribution in [0, 0.1) is 0 Å². The smallest absolute Gasteiger partial charge is 0.325 e. The summed E-state index contributed by atoms with van der Waals surface area (Å²) in [6.07, 6.45) is 7.64. The molecular formula is C15H15N5O2. The van der Waals surface area contributed by atoms with Crippen molar-refractivity contribution >= 4 is 17.0 Å². The Kier molecular flexibility index (Phi) is 2.75. The van der Waals surface area contributed by atoms with E-state index in [4.69, 9.17) is 5.11 Å². The Balaban J connectivity index is 1.97. The van der Waals surface area contributed by atoms with Gasteiger partial charge in [0.25, 0.3) is 0 Å². The first kappa shape index (κ1) is 13.0. The van der Waals surface area contributed by atoms with Crippen LogP contribution in [-0.2, 0) is 18.4 Å². The quantitative estimate of drug-likeness (QED) is 0.793. The van der Waals surface area contributed by atoms with Crippen LogP contribution in [0.25, 0.3) is 22.2 Å². The topological polar surface area (TPSA) is 85.8 Å². The Morgan fingerprint density at radius 3 is 2.91 bits per heavy atom. The van der Waals surface area contributed by atoms with Gasteiger partial charge in [-0.15, -0.1) is 0 Å². The van der Waals surface area contributed by atoms with Gasteiger partial charge in [-0.25, -0.2) is 9.67 Å². The number of aliphatic carboxylic acids is 1. The molecule has 0 spiro atoms. The molecule has 3 aromatic heterocycles. The van der Waals surface area contributed by atoms with Crippen LogP contribution < -0.4 is 0 Å². The molecule has 0 radical (unpaired) electrons. The number of fused-ring (bicyclic) bond motifs is 1. The first-order valence-corrected chi connectivity index (χ1v) is 7.19. The van der Waals surface area contributed by atoms with Crippen molar-refractivity contribution in [3.8, 4) is 11.1 Å². The highest BCUT2D eigenvalue weighted by molar-refractivity contribution is 5.95. The highest BCUT2D eigenvalue weighted by Gasteiger charge is 2.31. The molecule has 0 unspecified atom stereocenters. The molecule has 7 heteroatoms. The monoisotopic (exact) mass is 297 g/mol. The maximum atomic E-state index is 11.1. The second kappa shape index (κ2) is 4.66. The normalized spacial score (nSPS) is 14.6. The Morgan fingerprint density at radius 1 is 1.45 bits per heavy atom. The molecule has 1 saturated carbocycles. The van der Waals surface area contributed by atoms with Crippen molar-refractivity contribution in [3.05, 3.63) is 30.4 Å². The zero-order valence-corrected chi connectivity index (χ0v) is 12.1. The maximum Gasteiger partial charge on any atom is 0.325 e. The lowest BCUT2D eigenvalue weighted by atomic mass is 10.0. The molecule has 0 amide bonds. The fourth-order valence-corrected chi connectivity index (χ4v) is 2.81. The average Bonchev–Trinajstić information content (AvgIpc) is 3.14. The number of nitrogens with zero attached hydrogens (tertiary/aromatic N) is 5. The van der Waals surface area contributed by atoms with Crippen molar-refractivity contribution in [1.82, 2.24) is 24.5 Å². The zero-order valence-electron chi connectivity index (χ0n) is 12.1. The predicted octanol–water partition coefficient (Wildman–Crippen LogP) is 1.79. The van der Waals surface area contributed by atoms with Crippen LogP contribution in [0.15, 0.2) is 24.7 Å². The molecule has 0 saturated heterocycles. The summed E-state index contributed by atoms with van der Waals surface area (Å²) in [6, 6.07) is 1.94. The SMILES string of the molecule is Cn1cc(-c2ccnc3c2c(C2CC2)nn3CC(=O)O)cn1. The minimum Gasteiger partial charge on any atom is -0.480 e. The van der Waals surface area contributed by atoms with Crippen LogP contribution >= 0.6 is 0 Å². The van der Waals surface area contributed by atoms with E-state index >= 15 is 0 Å². The zero-order chi connectivity index (χ0) is 15.3. The van der Waals surface area contributed by atoms with E-state index in [1.54, 1.807) is 17.1 Å². The first-order chi connectivity index (χ1) is 10.6. The van der Waals surface area contributed by atoms with E-state index in [-0.39, 0.29) is 6.54 Å². The maximum absolute atomic E-state index is 11.1. The molecule has 3 aromatic rings. The number of carbonyl (C=O) groups is 1. The first-order valence-electron chi connectivity index (χ1n) is 7.19. The third kappa shape index (κ3) is 2.05. The van der Waals surface area contributed by atoms with Gasteiger partial charge in [0.1, 0.15) is 6.54 Å². The van der Waals surface area contributed by atoms with E-state index < -0.39 is 5.97 Å². The third-order valence-corrected chi connectivity index (χ3v) is 3.93. The number of carboxylic acids is 1. The molecule has 0 aliphatic heterocycles. The van der Waals surface area contributed by atoms with E-state index in [9.17, 15) is 4.79 Å². The lowest BCUT2D eigenvalue weighted by Gasteiger charge is -2.02. The van der Waals surface area contributed by atoms with Crippen molar-refractivity contribution in [3.63, 3.8) is 0 Å². The van der Waals surface area contributed by atoms with Crippen LogP contribution in [0.4, 0.5) is 0 Å². The molecular weight excluding hydrogens is 282 g/mol. The van der Waals surface area contributed by atoms with Crippen LogP contribution in [0.3, 0.4) is 0 Å². The van der Waals surface area contributed by atoms with E-state index in [2.05, 4.69) is 15.2 Å². The number of hydrogen-bond acceptors (Lipinski definition) is 4. The van der Waals surface area contributed by atoms with Gasteiger partial charge in [0.05, 0.1) is 17.3 Å². The third-order valence-electron chi connectivity index (χ3n) is 3.93. The average molecular weight is 297 g/mol. The predicted molar refractivity (Wildman–Crippen MR) is 79.3 cm³/mol. The summed E-state index contributed by atoms with van der Waals surface area (Å²) in [7, 11) is 1.87. The number of rotatable bonds is 4. The van der Waals surface area contributed by atoms with Gasteiger partial charge in [0.2, 0.25) is 0 Å². The summed E-state index contributed by atoms with van der Waals surface area (Å²) in [4.78, 5) is 15.4. The Hall–Kier alpha value is -2.70. The van der Waals surface area contributed by atoms with Crippen LogP contribution in [0.1, 0.15) is 24.5 Å². The molecule has 1 aliphatic rings. The molecule has 0 aromatic carbocycles. The summed E-state index contributed by atoms with van der Waals surface area (Å²) >= 11 is 0. The fourth-order valence-electron chi connectivity index (χ4n) is 2.81. The molecule has 4 rings (SSSR count). The second-order valence-corrected chi connectivity index (χ2v) is 5.67. The molecule has 3 heterocycles. The van der Waals surface area contributed by atoms with Gasteiger partial charge in [-0.3, -0.25) is 9.48 Å². The minimum atomic E-state index is -0.916. The molecule has 1 N–H and O–H groups in total. The van der Waals surface area contributed by atoms with Crippen LogP contribution in [0.5, 0.6) is 0 Å². The summed E-state index contributed by atoms with van der Waals surface area (Å²) in [5, 5.41) is 18.8. The summed E-state index contributed by atoms with van der Waals surface area (Å²) < 4.78 is 3.24. The number of hydrogen-bond donors (Lipinski definition) is 1. The second-order valence-electron chi connectivity index (χ2n) is 5.67. The lowest BCUT2D eigenvalue weighted by molar-refractivity contribution is -0.137. The van der Waals surface area contributed by atoms with Crippen LogP contribution in [0.2, 0.25) is 0 Å². The van der Waals surface area contributed by atoms with E-state index in [1.807, 2.05) is 19.3 Å². The van der Waals surface area contributed by atoms with E-state index in [0.29, 0.717) is 11.6 Å². The van der Waals surface area contributed by atoms with Crippen molar-refractivity contribution in [2.24, 2.45) is 7.05 Å². The number of carboxylic acid groups (broad SMARTS) is 1. The Morgan fingerprint density at radius 2 is 2.27 bits per heavy atom. The van der Waals surface area contributed by atoms with Gasteiger partial charge in [0, 0.05) is 30.9 Å². The number of aromatic nitrogens is 5. The van der Waals surface area contributed by atoms with Gasteiger partial charge < -0.3 is 5.11 Å². The van der Waals surface area contributed by atoms with Gasteiger partial charge in [-0.2, -0.15) is 10.2 Å². The fraction of sp³-hybridized carbons (Fsp3) is 0.333. The number of pyridine rings is 1. The van der Waals surface area contributed by atoms with Gasteiger partial charge in [-0.1, -0.05) is 0 Å². The molecule has 0 bridgehead atoms. The van der Waals surface area contributed by atoms with Crippen molar-refractivity contribution in [2.75, 3.05) is 0 Å². The molecule has 7 nitrogen and oxygen atoms in total. The molecule has 112 valence electrons. The van der Waals surface area contributed by atoms with Crippen molar-refractivity contribution < 1.29 is 9.90 Å². The van der Waals surface area contributed by atoms with E-state index in [1.165, 1.54) is 4.68 Å². The Labute approximate surface area is 126 Å². The van der Waals surface area contributed by atoms with Crippen LogP contribution in [-0.4, -0.2) is 35.6 Å². The largest absolute Gasteiger partial charge is 0.480 e. The van der Waals surface area contributed by atoms with Crippen molar-refractivity contribution in [1.29, 1.82) is 0 Å². The summed E-state index contributed by atoms with van der Waals surface area (Å²) in [5.74, 6) is -0.502. The molecule has 0 atom stereocenters. The molecule has 1 aliphatic carbocycles. The van der Waals surface area contributed by atoms with Gasteiger partial charge >= 0.3 is 5.97 Å². The standard InChI is InChI=1S/C15H15N5O2/c1-19-7-10(6-17-19)11-4-5-16-15-13(11)14(9-2-3-9)18-20(15)8-12(21)22/h4-7,9H,2-3,8H2,1H3,(H,21,22). The summed E-state index contributed by atoms with van der Waals surface area (Å²) in [6.45, 7) is -0.174. The molecule has 22 heavy (non-hydrogen) atoms. The molecule has 1 fully saturated rings. The van der Waals surface area contributed by atoms with E-state index in [0.717, 1.165) is 35.0 Å². The lowest BCUT2D eigenvalue weighted by Crippen LogP contribution is -2.10. The van der Waals surface area contributed by atoms with Gasteiger partial charge in [-0.05, 0) is 24.5 Å². The Bertz CT molecular complexity index is 875.